The second-order valence-electron chi connectivity index (χ2n) is 4.39. The van der Waals surface area contributed by atoms with Crippen molar-refractivity contribution in [3.63, 3.8) is 0 Å². The van der Waals surface area contributed by atoms with Gasteiger partial charge >= 0.3 is 5.97 Å². The van der Waals surface area contributed by atoms with Crippen LogP contribution in [-0.2, 0) is 16.1 Å². The Kier molecular flexibility index (Phi) is 7.32. The summed E-state index contributed by atoms with van der Waals surface area (Å²) in [5, 5.41) is 3.75. The van der Waals surface area contributed by atoms with E-state index in [0.717, 1.165) is 12.1 Å². The van der Waals surface area contributed by atoms with Gasteiger partial charge in [-0.2, -0.15) is 0 Å². The van der Waals surface area contributed by atoms with Gasteiger partial charge in [0.05, 0.1) is 13.7 Å². The van der Waals surface area contributed by atoms with Gasteiger partial charge in [0.1, 0.15) is 0 Å². The van der Waals surface area contributed by atoms with Crippen molar-refractivity contribution in [3.05, 3.63) is 22.7 Å². The molecule has 0 spiro atoms. The molecule has 0 saturated heterocycles. The molecule has 0 saturated carbocycles. The summed E-state index contributed by atoms with van der Waals surface area (Å²) in [6.45, 7) is 7.09. The van der Waals surface area contributed by atoms with E-state index in [1.807, 2.05) is 6.92 Å². The molecule has 0 bridgehead atoms. The van der Waals surface area contributed by atoms with Gasteiger partial charge in [0.25, 0.3) is 0 Å². The van der Waals surface area contributed by atoms with E-state index in [1.165, 1.54) is 7.11 Å². The van der Waals surface area contributed by atoms with E-state index in [0.29, 0.717) is 29.7 Å². The summed E-state index contributed by atoms with van der Waals surface area (Å²) in [6, 6.07) is 3.45. The van der Waals surface area contributed by atoms with Crippen LogP contribution < -0.4 is 14.8 Å². The predicted molar refractivity (Wildman–Crippen MR) is 82.1 cm³/mol. The first-order valence-electron chi connectivity index (χ1n) is 6.93. The fourth-order valence-electron chi connectivity index (χ4n) is 1.78. The highest BCUT2D eigenvalue weighted by molar-refractivity contribution is 6.30. The van der Waals surface area contributed by atoms with Crippen LogP contribution in [0.3, 0.4) is 0 Å². The number of hydrogen-bond acceptors (Lipinski definition) is 5. The van der Waals surface area contributed by atoms with E-state index in [4.69, 9.17) is 25.8 Å². The average Bonchev–Trinajstić information content (AvgIpc) is 2.46. The van der Waals surface area contributed by atoms with Gasteiger partial charge in [0, 0.05) is 23.2 Å². The Labute approximate surface area is 130 Å². The summed E-state index contributed by atoms with van der Waals surface area (Å²) in [4.78, 5) is 11.7. The lowest BCUT2D eigenvalue weighted by Crippen LogP contribution is -2.27. The van der Waals surface area contributed by atoms with E-state index in [1.54, 1.807) is 26.0 Å². The van der Waals surface area contributed by atoms with Crippen molar-refractivity contribution in [1.29, 1.82) is 0 Å². The van der Waals surface area contributed by atoms with Gasteiger partial charge in [0.2, 0.25) is 0 Å². The smallest absolute Gasteiger partial charge is 0.347 e. The largest absolute Gasteiger partial charge is 0.493 e. The number of benzene rings is 1. The number of hydrogen-bond donors (Lipinski definition) is 1. The Morgan fingerprint density at radius 2 is 2.10 bits per heavy atom. The molecule has 118 valence electrons. The van der Waals surface area contributed by atoms with Crippen molar-refractivity contribution in [1.82, 2.24) is 5.32 Å². The second kappa shape index (κ2) is 8.74. The first kappa shape index (κ1) is 17.6. The maximum Gasteiger partial charge on any atom is 0.347 e. The number of methoxy groups -OCH3 is 1. The molecule has 21 heavy (non-hydrogen) atoms. The molecule has 0 radical (unpaired) electrons. The minimum atomic E-state index is -0.722. The third-order valence-corrected chi connectivity index (χ3v) is 3.01. The Morgan fingerprint density at radius 3 is 2.67 bits per heavy atom. The van der Waals surface area contributed by atoms with Gasteiger partial charge in [-0.05, 0) is 26.5 Å². The Balaban J connectivity index is 3.03. The lowest BCUT2D eigenvalue weighted by Gasteiger charge is -2.19. The molecule has 5 nitrogen and oxygen atoms in total. The predicted octanol–water partition coefficient (Wildman–Crippen LogP) is 2.79. The van der Waals surface area contributed by atoms with Crippen molar-refractivity contribution in [2.24, 2.45) is 0 Å². The van der Waals surface area contributed by atoms with Gasteiger partial charge in [-0.15, -0.1) is 0 Å². The molecule has 0 aliphatic rings. The fourth-order valence-corrected chi connectivity index (χ4v) is 2.01. The highest BCUT2D eigenvalue weighted by Crippen LogP contribution is 2.35. The van der Waals surface area contributed by atoms with Crippen LogP contribution in [0.25, 0.3) is 0 Å². The SMILES string of the molecule is CCNCc1cc(Cl)cc(OC)c1OC(C)C(=O)OCC. The molecule has 1 N–H and O–H groups in total. The molecule has 0 amide bonds. The summed E-state index contributed by atoms with van der Waals surface area (Å²) in [5.41, 5.74) is 0.831. The lowest BCUT2D eigenvalue weighted by atomic mass is 10.1. The van der Waals surface area contributed by atoms with Crippen molar-refractivity contribution in [2.45, 2.75) is 33.4 Å². The number of nitrogens with one attached hydrogen (secondary N) is 1. The Hall–Kier alpha value is -1.46. The molecule has 6 heteroatoms. The van der Waals surface area contributed by atoms with Crippen molar-refractivity contribution < 1.29 is 19.0 Å². The summed E-state index contributed by atoms with van der Waals surface area (Å²) in [7, 11) is 1.53. The zero-order chi connectivity index (χ0) is 15.8. The number of halogens is 1. The highest BCUT2D eigenvalue weighted by atomic mass is 35.5. The molecule has 1 rings (SSSR count). The average molecular weight is 316 g/mol. The highest BCUT2D eigenvalue weighted by Gasteiger charge is 2.21. The quantitative estimate of drug-likeness (QED) is 0.748. The van der Waals surface area contributed by atoms with Crippen LogP contribution in [0.1, 0.15) is 26.3 Å². The molecule has 0 aliphatic carbocycles. The third-order valence-electron chi connectivity index (χ3n) is 2.80. The molecule has 1 unspecified atom stereocenters. The molecule has 0 aliphatic heterocycles. The van der Waals surface area contributed by atoms with Crippen LogP contribution in [-0.4, -0.2) is 32.3 Å². The van der Waals surface area contributed by atoms with Crippen LogP contribution in [0.2, 0.25) is 5.02 Å². The summed E-state index contributed by atoms with van der Waals surface area (Å²) in [6.07, 6.45) is -0.722. The van der Waals surface area contributed by atoms with Crippen molar-refractivity contribution in [3.8, 4) is 11.5 Å². The van der Waals surface area contributed by atoms with E-state index in [9.17, 15) is 4.79 Å². The van der Waals surface area contributed by atoms with Crippen LogP contribution in [0, 0.1) is 0 Å². The van der Waals surface area contributed by atoms with Crippen LogP contribution >= 0.6 is 11.6 Å². The van der Waals surface area contributed by atoms with Gasteiger partial charge in [0.15, 0.2) is 17.6 Å². The third kappa shape index (κ3) is 5.10. The molecule has 0 aromatic heterocycles. The van der Waals surface area contributed by atoms with Crippen molar-refractivity contribution in [2.75, 3.05) is 20.3 Å². The zero-order valence-corrected chi connectivity index (χ0v) is 13.6. The first-order valence-corrected chi connectivity index (χ1v) is 7.31. The van der Waals surface area contributed by atoms with E-state index < -0.39 is 12.1 Å². The van der Waals surface area contributed by atoms with Crippen LogP contribution in [0.15, 0.2) is 12.1 Å². The number of ether oxygens (including phenoxy) is 3. The Morgan fingerprint density at radius 1 is 1.38 bits per heavy atom. The number of esters is 1. The van der Waals surface area contributed by atoms with Crippen molar-refractivity contribution >= 4 is 17.6 Å². The topological polar surface area (TPSA) is 56.8 Å². The van der Waals surface area contributed by atoms with E-state index in [2.05, 4.69) is 5.32 Å². The molecular formula is C15H22ClNO4. The zero-order valence-electron chi connectivity index (χ0n) is 12.9. The van der Waals surface area contributed by atoms with Crippen LogP contribution in [0.5, 0.6) is 11.5 Å². The van der Waals surface area contributed by atoms with E-state index in [-0.39, 0.29) is 0 Å². The lowest BCUT2D eigenvalue weighted by molar-refractivity contribution is -0.150. The maximum absolute atomic E-state index is 11.7. The normalized spacial score (nSPS) is 11.9. The fraction of sp³-hybridized carbons (Fsp3) is 0.533. The molecule has 0 fully saturated rings. The number of rotatable bonds is 8. The summed E-state index contributed by atoms with van der Waals surface area (Å²) in [5.74, 6) is 0.582. The first-order chi connectivity index (χ1) is 10.0. The van der Waals surface area contributed by atoms with E-state index >= 15 is 0 Å². The Bertz CT molecular complexity index is 479. The monoisotopic (exact) mass is 315 g/mol. The standard InChI is InChI=1S/C15H22ClNO4/c1-5-17-9-11-7-12(16)8-13(19-4)14(11)21-10(3)15(18)20-6-2/h7-8,10,17H,5-6,9H2,1-4H3. The van der Waals surface area contributed by atoms with Gasteiger partial charge in [-0.1, -0.05) is 18.5 Å². The minimum Gasteiger partial charge on any atom is -0.493 e. The van der Waals surface area contributed by atoms with Gasteiger partial charge in [-0.25, -0.2) is 4.79 Å². The number of carbonyl (C=O) groups excluding carboxylic acids is 1. The molecule has 1 aromatic rings. The molecule has 1 atom stereocenters. The molecular weight excluding hydrogens is 294 g/mol. The second-order valence-corrected chi connectivity index (χ2v) is 4.83. The van der Waals surface area contributed by atoms with Gasteiger partial charge < -0.3 is 19.5 Å². The molecule has 0 heterocycles. The summed E-state index contributed by atoms with van der Waals surface area (Å²) >= 11 is 6.07. The molecule has 1 aromatic carbocycles. The maximum atomic E-state index is 11.7. The minimum absolute atomic E-state index is 0.314. The van der Waals surface area contributed by atoms with Gasteiger partial charge in [-0.3, -0.25) is 0 Å². The van der Waals surface area contributed by atoms with Crippen LogP contribution in [0.4, 0.5) is 0 Å². The number of carbonyl (C=O) groups is 1. The summed E-state index contributed by atoms with van der Waals surface area (Å²) < 4.78 is 16.0.